The molecule has 1 aliphatic carbocycles. The molecule has 41 heavy (non-hydrogen) atoms. The maximum absolute atomic E-state index is 9.88. The van der Waals surface area contributed by atoms with Gasteiger partial charge in [0.25, 0.3) is 0 Å². The lowest BCUT2D eigenvalue weighted by atomic mass is 9.72. The standard InChI is InChI=1S/C29H39N9O2S/c1-16-14-38(15-17(2)32-16)23-12-20(33-28(34-23)39-18(3)21-8-7-11-37(21)5)26-35-27(40-36-26)29(4)10-6-9-22-24(29)19(13-30)25(31)41-22/h12,16-18,21,32H,6-11,14-15,31H2,1-5H3/t16-,17+,18-,21-,29-/m0/s1. The lowest BCUT2D eigenvalue weighted by Gasteiger charge is -2.37. The number of hydrogen-bond acceptors (Lipinski definition) is 12. The quantitative estimate of drug-likeness (QED) is 0.442. The minimum Gasteiger partial charge on any atom is -0.459 e. The molecule has 0 bridgehead atoms. The predicted molar refractivity (Wildman–Crippen MR) is 158 cm³/mol. The van der Waals surface area contributed by atoms with Crippen LogP contribution in [0, 0.1) is 11.3 Å². The van der Waals surface area contributed by atoms with Crippen LogP contribution in [0.25, 0.3) is 11.5 Å². The summed E-state index contributed by atoms with van der Waals surface area (Å²) in [5, 5.41) is 18.4. The van der Waals surface area contributed by atoms with E-state index >= 15 is 0 Å². The van der Waals surface area contributed by atoms with Crippen molar-refractivity contribution in [3.8, 4) is 23.6 Å². The third kappa shape index (κ3) is 5.15. The zero-order chi connectivity index (χ0) is 28.9. The number of nitrogens with one attached hydrogen (secondary N) is 1. The van der Waals surface area contributed by atoms with Gasteiger partial charge < -0.3 is 25.2 Å². The second-order valence-corrected chi connectivity index (χ2v) is 13.3. The highest BCUT2D eigenvalue weighted by atomic mass is 32.1. The van der Waals surface area contributed by atoms with Crippen molar-refractivity contribution in [2.24, 2.45) is 0 Å². The van der Waals surface area contributed by atoms with E-state index in [2.05, 4.69) is 61.1 Å². The van der Waals surface area contributed by atoms with Crippen molar-refractivity contribution in [1.82, 2.24) is 30.3 Å². The van der Waals surface area contributed by atoms with Gasteiger partial charge >= 0.3 is 6.01 Å². The summed E-state index contributed by atoms with van der Waals surface area (Å²) in [6, 6.07) is 5.51. The second-order valence-electron chi connectivity index (χ2n) is 12.1. The highest BCUT2D eigenvalue weighted by Gasteiger charge is 2.43. The van der Waals surface area contributed by atoms with E-state index in [0.717, 1.165) is 68.0 Å². The molecule has 2 saturated heterocycles. The lowest BCUT2D eigenvalue weighted by Crippen LogP contribution is -2.54. The fourth-order valence-electron chi connectivity index (χ4n) is 6.89. The number of nitriles is 1. The second kappa shape index (κ2) is 10.9. The largest absolute Gasteiger partial charge is 0.459 e. The van der Waals surface area contributed by atoms with Crippen LogP contribution >= 0.6 is 11.3 Å². The van der Waals surface area contributed by atoms with E-state index in [9.17, 15) is 5.26 Å². The minimum absolute atomic E-state index is 0.0691. The van der Waals surface area contributed by atoms with Gasteiger partial charge in [0.05, 0.1) is 11.0 Å². The average molecular weight is 578 g/mol. The van der Waals surface area contributed by atoms with E-state index in [0.29, 0.717) is 52.1 Å². The van der Waals surface area contributed by atoms with Crippen LogP contribution in [0.3, 0.4) is 0 Å². The highest BCUT2D eigenvalue weighted by Crippen LogP contribution is 2.48. The first-order valence-corrected chi connectivity index (χ1v) is 15.4. The third-order valence-corrected chi connectivity index (χ3v) is 9.94. The first-order valence-electron chi connectivity index (χ1n) is 14.6. The first-order chi connectivity index (χ1) is 19.7. The number of piperazine rings is 1. The van der Waals surface area contributed by atoms with Crippen LogP contribution in [0.5, 0.6) is 6.01 Å². The molecule has 12 heteroatoms. The number of anilines is 2. The Balaban J connectivity index is 1.37. The van der Waals surface area contributed by atoms with Gasteiger partial charge in [0, 0.05) is 47.7 Å². The molecule has 0 spiro atoms. The molecule has 3 N–H and O–H groups in total. The maximum Gasteiger partial charge on any atom is 0.319 e. The smallest absolute Gasteiger partial charge is 0.319 e. The summed E-state index contributed by atoms with van der Waals surface area (Å²) in [5.41, 5.74) is 7.64. The van der Waals surface area contributed by atoms with E-state index in [-0.39, 0.29) is 6.10 Å². The SMILES string of the molecule is C[C@@H]1CN(c2cc(-c3noc([C@@]4(C)CCCc5sc(N)c(C#N)c54)n3)nc(O[C@@H](C)[C@@H]3CCCN3C)n2)C[C@H](C)N1. The Morgan fingerprint density at radius 1 is 1.24 bits per heavy atom. The summed E-state index contributed by atoms with van der Waals surface area (Å²) in [5.74, 6) is 1.63. The number of ether oxygens (including phenoxy) is 1. The Morgan fingerprint density at radius 2 is 2.02 bits per heavy atom. The van der Waals surface area contributed by atoms with E-state index in [1.807, 2.05) is 6.07 Å². The molecule has 3 aromatic rings. The Hall–Kier alpha value is -3.27. The number of hydrogen-bond donors (Lipinski definition) is 2. The lowest BCUT2D eigenvalue weighted by molar-refractivity contribution is 0.112. The number of nitrogens with two attached hydrogens (primary N) is 1. The molecule has 6 rings (SSSR count). The van der Waals surface area contributed by atoms with Crippen LogP contribution in [-0.4, -0.2) is 75.9 Å². The molecule has 5 atom stereocenters. The van der Waals surface area contributed by atoms with Crippen LogP contribution < -0.4 is 20.7 Å². The molecule has 11 nitrogen and oxygen atoms in total. The summed E-state index contributed by atoms with van der Waals surface area (Å²) >= 11 is 1.49. The molecule has 3 aliphatic rings. The molecule has 0 radical (unpaired) electrons. The molecule has 2 fully saturated rings. The van der Waals surface area contributed by atoms with Gasteiger partial charge in [-0.2, -0.15) is 20.2 Å². The Labute approximate surface area is 245 Å². The van der Waals surface area contributed by atoms with E-state index < -0.39 is 5.41 Å². The summed E-state index contributed by atoms with van der Waals surface area (Å²) < 4.78 is 12.3. The van der Waals surface area contributed by atoms with Gasteiger partial charge in [0.15, 0.2) is 0 Å². The van der Waals surface area contributed by atoms with Gasteiger partial charge in [-0.1, -0.05) is 5.16 Å². The number of nitrogen functional groups attached to an aromatic ring is 1. The molecule has 5 heterocycles. The Morgan fingerprint density at radius 3 is 2.73 bits per heavy atom. The van der Waals surface area contributed by atoms with Crippen LogP contribution in [0.1, 0.15) is 75.3 Å². The number of likely N-dealkylation sites (tertiary alicyclic amines) is 1. The average Bonchev–Trinajstić information content (AvgIpc) is 3.67. The van der Waals surface area contributed by atoms with Crippen molar-refractivity contribution in [1.29, 1.82) is 5.26 Å². The Bertz CT molecular complexity index is 1450. The Kier molecular flexibility index (Phi) is 7.38. The van der Waals surface area contributed by atoms with Crippen molar-refractivity contribution in [2.75, 3.05) is 37.3 Å². The molecule has 0 saturated carbocycles. The summed E-state index contributed by atoms with van der Waals surface area (Å²) in [6.07, 6.45) is 4.82. The number of rotatable bonds is 6. The van der Waals surface area contributed by atoms with E-state index in [4.69, 9.17) is 29.9 Å². The normalized spacial score (nSPS) is 27.4. The minimum atomic E-state index is -0.599. The van der Waals surface area contributed by atoms with Crippen LogP contribution in [0.15, 0.2) is 10.6 Å². The van der Waals surface area contributed by atoms with Gasteiger partial charge in [-0.25, -0.2) is 0 Å². The molecule has 218 valence electrons. The molecular formula is C29H39N9O2S. The zero-order valence-corrected chi connectivity index (χ0v) is 25.3. The summed E-state index contributed by atoms with van der Waals surface area (Å²) in [7, 11) is 2.14. The molecule has 0 unspecified atom stereocenters. The maximum atomic E-state index is 9.88. The first kappa shape index (κ1) is 27.9. The van der Waals surface area contributed by atoms with Crippen molar-refractivity contribution in [2.45, 2.75) is 89.4 Å². The number of aryl methyl sites for hydroxylation is 1. The highest BCUT2D eigenvalue weighted by molar-refractivity contribution is 7.16. The molecular weight excluding hydrogens is 538 g/mol. The number of fused-ring (bicyclic) bond motifs is 1. The van der Waals surface area contributed by atoms with Crippen molar-refractivity contribution in [3.63, 3.8) is 0 Å². The van der Waals surface area contributed by atoms with Crippen molar-refractivity contribution < 1.29 is 9.26 Å². The zero-order valence-electron chi connectivity index (χ0n) is 24.5. The van der Waals surface area contributed by atoms with Gasteiger partial charge in [0.1, 0.15) is 28.7 Å². The molecule has 2 aliphatic heterocycles. The topological polar surface area (TPSA) is 142 Å². The van der Waals surface area contributed by atoms with Gasteiger partial charge in [-0.05, 0) is 73.4 Å². The fraction of sp³-hybridized carbons (Fsp3) is 0.621. The predicted octanol–water partition coefficient (Wildman–Crippen LogP) is 3.73. The van der Waals surface area contributed by atoms with Crippen LogP contribution in [0.4, 0.5) is 10.8 Å². The van der Waals surface area contributed by atoms with Crippen molar-refractivity contribution in [3.05, 3.63) is 28.0 Å². The molecule has 0 amide bonds. The van der Waals surface area contributed by atoms with Crippen LogP contribution in [-0.2, 0) is 11.8 Å². The summed E-state index contributed by atoms with van der Waals surface area (Å²) in [4.78, 5) is 20.3. The number of nitrogens with zero attached hydrogens (tertiary/aromatic N) is 7. The number of thiophene rings is 1. The van der Waals surface area contributed by atoms with Gasteiger partial charge in [-0.15, -0.1) is 11.3 Å². The number of likely N-dealkylation sites (N-methyl/N-ethyl adjacent to an activating group) is 1. The van der Waals surface area contributed by atoms with Crippen molar-refractivity contribution >= 4 is 22.2 Å². The van der Waals surface area contributed by atoms with E-state index in [1.54, 1.807) is 0 Å². The third-order valence-electron chi connectivity index (χ3n) is 8.86. The molecule has 3 aromatic heterocycles. The van der Waals surface area contributed by atoms with E-state index in [1.165, 1.54) is 11.3 Å². The van der Waals surface area contributed by atoms with Gasteiger partial charge in [-0.3, -0.25) is 4.90 Å². The van der Waals surface area contributed by atoms with Gasteiger partial charge in [0.2, 0.25) is 11.7 Å². The monoisotopic (exact) mass is 577 g/mol. The van der Waals surface area contributed by atoms with Crippen LogP contribution in [0.2, 0.25) is 0 Å². The summed E-state index contributed by atoms with van der Waals surface area (Å²) in [6.45, 7) is 11.2. The molecule has 0 aromatic carbocycles. The number of aromatic nitrogens is 4. The fourth-order valence-corrected chi connectivity index (χ4v) is 8.08.